The smallest absolute Gasteiger partial charge is 0.251 e. The number of rotatable bonds is 4. The van der Waals surface area contributed by atoms with Gasteiger partial charge in [0.2, 0.25) is 0 Å². The van der Waals surface area contributed by atoms with E-state index in [4.69, 9.17) is 16.3 Å². The fourth-order valence-electron chi connectivity index (χ4n) is 1.85. The second-order valence-corrected chi connectivity index (χ2v) is 4.93. The zero-order valence-electron chi connectivity index (χ0n) is 11.4. The van der Waals surface area contributed by atoms with Crippen molar-refractivity contribution >= 4 is 17.5 Å². The first-order chi connectivity index (χ1) is 9.60. The van der Waals surface area contributed by atoms with Crippen LogP contribution in [-0.2, 0) is 6.54 Å². The molecule has 0 radical (unpaired) electrons. The first-order valence-corrected chi connectivity index (χ1v) is 6.65. The summed E-state index contributed by atoms with van der Waals surface area (Å²) >= 11 is 5.82. The molecule has 1 N–H and O–H groups in total. The minimum Gasteiger partial charge on any atom is -0.496 e. The van der Waals surface area contributed by atoms with Crippen molar-refractivity contribution in [3.63, 3.8) is 0 Å². The highest BCUT2D eigenvalue weighted by molar-refractivity contribution is 6.30. The first kappa shape index (κ1) is 14.4. The average molecular weight is 290 g/mol. The zero-order chi connectivity index (χ0) is 14.5. The van der Waals surface area contributed by atoms with Gasteiger partial charge in [-0.25, -0.2) is 0 Å². The van der Waals surface area contributed by atoms with Crippen molar-refractivity contribution in [3.8, 4) is 5.75 Å². The first-order valence-electron chi connectivity index (χ1n) is 6.27. The summed E-state index contributed by atoms with van der Waals surface area (Å²) in [4.78, 5) is 12.1. The third kappa shape index (κ3) is 3.52. The number of hydrogen-bond donors (Lipinski definition) is 1. The lowest BCUT2D eigenvalue weighted by Gasteiger charge is -2.09. The van der Waals surface area contributed by atoms with Gasteiger partial charge in [0, 0.05) is 17.1 Å². The second-order valence-electron chi connectivity index (χ2n) is 4.49. The molecule has 1 amide bonds. The predicted octanol–water partition coefficient (Wildman–Crippen LogP) is 3.59. The van der Waals surface area contributed by atoms with Gasteiger partial charge in [0.15, 0.2) is 0 Å². The Hall–Kier alpha value is -2.00. The number of hydrogen-bond acceptors (Lipinski definition) is 2. The molecule has 2 rings (SSSR count). The van der Waals surface area contributed by atoms with Crippen LogP contribution in [0.15, 0.2) is 42.5 Å². The van der Waals surface area contributed by atoms with Gasteiger partial charge in [-0.3, -0.25) is 4.79 Å². The molecule has 0 atom stereocenters. The number of carbonyl (C=O) groups excluding carboxylic acids is 1. The predicted molar refractivity (Wildman–Crippen MR) is 80.4 cm³/mol. The molecule has 0 unspecified atom stereocenters. The minimum absolute atomic E-state index is 0.127. The van der Waals surface area contributed by atoms with Gasteiger partial charge in [-0.1, -0.05) is 29.8 Å². The summed E-state index contributed by atoms with van der Waals surface area (Å²) in [6.45, 7) is 2.40. The lowest BCUT2D eigenvalue weighted by Crippen LogP contribution is -2.22. The molecule has 4 heteroatoms. The maximum absolute atomic E-state index is 12.1. The van der Waals surface area contributed by atoms with Crippen LogP contribution in [0.2, 0.25) is 5.02 Å². The topological polar surface area (TPSA) is 38.3 Å². The maximum atomic E-state index is 12.1. The number of amides is 1. The molecule has 3 nitrogen and oxygen atoms in total. The van der Waals surface area contributed by atoms with Crippen molar-refractivity contribution in [2.24, 2.45) is 0 Å². The molecule has 104 valence electrons. The molecule has 0 fully saturated rings. The van der Waals surface area contributed by atoms with E-state index in [0.717, 1.165) is 11.1 Å². The van der Waals surface area contributed by atoms with Crippen LogP contribution in [0.3, 0.4) is 0 Å². The quantitative estimate of drug-likeness (QED) is 0.934. The van der Waals surface area contributed by atoms with Gasteiger partial charge < -0.3 is 10.1 Å². The molecule has 20 heavy (non-hydrogen) atoms. The van der Waals surface area contributed by atoms with E-state index in [9.17, 15) is 4.79 Å². The van der Waals surface area contributed by atoms with Gasteiger partial charge >= 0.3 is 0 Å². The van der Waals surface area contributed by atoms with E-state index in [1.807, 2.05) is 25.1 Å². The average Bonchev–Trinajstić information content (AvgIpc) is 2.47. The van der Waals surface area contributed by atoms with Gasteiger partial charge in [-0.15, -0.1) is 0 Å². The van der Waals surface area contributed by atoms with E-state index in [2.05, 4.69) is 5.32 Å². The summed E-state index contributed by atoms with van der Waals surface area (Å²) in [6, 6.07) is 12.8. The second kappa shape index (κ2) is 6.44. The summed E-state index contributed by atoms with van der Waals surface area (Å²) in [5.41, 5.74) is 2.59. The molecule has 0 aliphatic rings. The Morgan fingerprint density at radius 3 is 2.55 bits per heavy atom. The van der Waals surface area contributed by atoms with Gasteiger partial charge in [-0.05, 0) is 42.3 Å². The van der Waals surface area contributed by atoms with E-state index < -0.39 is 0 Å². The number of nitrogens with one attached hydrogen (secondary N) is 1. The molecule has 2 aromatic carbocycles. The summed E-state index contributed by atoms with van der Waals surface area (Å²) in [5.74, 6) is 0.586. The standard InChI is InChI=1S/C16H16ClNO2/c1-11-3-6-13(9-15(11)20-2)16(19)18-10-12-4-7-14(17)8-5-12/h3-9H,10H2,1-2H3,(H,18,19). The summed E-state index contributed by atoms with van der Waals surface area (Å²) in [5, 5.41) is 3.55. The molecule has 0 aromatic heterocycles. The van der Waals surface area contributed by atoms with Crippen molar-refractivity contribution in [2.75, 3.05) is 7.11 Å². The number of aryl methyl sites for hydroxylation is 1. The summed E-state index contributed by atoms with van der Waals surface area (Å²) in [6.07, 6.45) is 0. The van der Waals surface area contributed by atoms with Crippen molar-refractivity contribution in [3.05, 3.63) is 64.2 Å². The Labute approximate surface area is 123 Å². The highest BCUT2D eigenvalue weighted by Gasteiger charge is 2.08. The van der Waals surface area contributed by atoms with E-state index in [-0.39, 0.29) is 5.91 Å². The fourth-order valence-corrected chi connectivity index (χ4v) is 1.97. The van der Waals surface area contributed by atoms with Gasteiger partial charge in [0.1, 0.15) is 5.75 Å². The van der Waals surface area contributed by atoms with Crippen LogP contribution in [0, 0.1) is 6.92 Å². The van der Waals surface area contributed by atoms with Crippen LogP contribution >= 0.6 is 11.6 Å². The van der Waals surface area contributed by atoms with Gasteiger partial charge in [-0.2, -0.15) is 0 Å². The van der Waals surface area contributed by atoms with E-state index in [1.54, 1.807) is 31.4 Å². The Morgan fingerprint density at radius 2 is 1.90 bits per heavy atom. The molecule has 0 aliphatic heterocycles. The largest absolute Gasteiger partial charge is 0.496 e. The third-order valence-corrected chi connectivity index (χ3v) is 3.29. The SMILES string of the molecule is COc1cc(C(=O)NCc2ccc(Cl)cc2)ccc1C. The Morgan fingerprint density at radius 1 is 1.20 bits per heavy atom. The van der Waals surface area contributed by atoms with Crippen molar-refractivity contribution in [1.82, 2.24) is 5.32 Å². The molecule has 0 heterocycles. The van der Waals surface area contributed by atoms with E-state index in [1.165, 1.54) is 0 Å². The summed E-state index contributed by atoms with van der Waals surface area (Å²) in [7, 11) is 1.59. The molecule has 0 saturated carbocycles. The number of ether oxygens (including phenoxy) is 1. The lowest BCUT2D eigenvalue weighted by atomic mass is 10.1. The molecular formula is C16H16ClNO2. The summed E-state index contributed by atoms with van der Waals surface area (Å²) < 4.78 is 5.22. The fraction of sp³-hybridized carbons (Fsp3) is 0.188. The lowest BCUT2D eigenvalue weighted by molar-refractivity contribution is 0.0950. The van der Waals surface area contributed by atoms with Crippen LogP contribution in [0.5, 0.6) is 5.75 Å². The van der Waals surface area contributed by atoms with Gasteiger partial charge in [0.05, 0.1) is 7.11 Å². The Bertz CT molecular complexity index is 608. The normalized spacial score (nSPS) is 10.2. The number of halogens is 1. The zero-order valence-corrected chi connectivity index (χ0v) is 12.2. The monoisotopic (exact) mass is 289 g/mol. The maximum Gasteiger partial charge on any atom is 0.251 e. The molecular weight excluding hydrogens is 274 g/mol. The molecule has 0 saturated heterocycles. The van der Waals surface area contributed by atoms with Crippen molar-refractivity contribution in [1.29, 1.82) is 0 Å². The number of benzene rings is 2. The third-order valence-electron chi connectivity index (χ3n) is 3.04. The highest BCUT2D eigenvalue weighted by Crippen LogP contribution is 2.19. The Balaban J connectivity index is 2.03. The van der Waals surface area contributed by atoms with Gasteiger partial charge in [0.25, 0.3) is 5.91 Å². The molecule has 0 aliphatic carbocycles. The van der Waals surface area contributed by atoms with Crippen LogP contribution in [0.25, 0.3) is 0 Å². The van der Waals surface area contributed by atoms with Crippen LogP contribution < -0.4 is 10.1 Å². The molecule has 2 aromatic rings. The van der Waals surface area contributed by atoms with E-state index >= 15 is 0 Å². The number of methoxy groups -OCH3 is 1. The van der Waals surface area contributed by atoms with E-state index in [0.29, 0.717) is 22.9 Å². The highest BCUT2D eigenvalue weighted by atomic mass is 35.5. The van der Waals surface area contributed by atoms with Crippen LogP contribution in [0.4, 0.5) is 0 Å². The minimum atomic E-state index is -0.127. The van der Waals surface area contributed by atoms with Crippen LogP contribution in [0.1, 0.15) is 21.5 Å². The molecule has 0 bridgehead atoms. The van der Waals surface area contributed by atoms with Crippen molar-refractivity contribution < 1.29 is 9.53 Å². The van der Waals surface area contributed by atoms with Crippen molar-refractivity contribution in [2.45, 2.75) is 13.5 Å². The number of carbonyl (C=O) groups is 1. The molecule has 0 spiro atoms. The Kier molecular flexibility index (Phi) is 4.64. The van der Waals surface area contributed by atoms with Crippen LogP contribution in [-0.4, -0.2) is 13.0 Å².